The molecule has 0 saturated heterocycles. The topological polar surface area (TPSA) is 106 Å². The van der Waals surface area contributed by atoms with Crippen LogP contribution in [0.25, 0.3) is 17.3 Å². The average molecular weight is 377 g/mol. The third kappa shape index (κ3) is 4.32. The van der Waals surface area contributed by atoms with E-state index in [0.29, 0.717) is 16.4 Å². The lowest BCUT2D eigenvalue weighted by Crippen LogP contribution is -2.13. The zero-order valence-electron chi connectivity index (χ0n) is 14.3. The van der Waals surface area contributed by atoms with Gasteiger partial charge in [0.2, 0.25) is 0 Å². The van der Waals surface area contributed by atoms with Crippen molar-refractivity contribution in [2.45, 2.75) is 6.92 Å². The Kier molecular flexibility index (Phi) is 5.20. The lowest BCUT2D eigenvalue weighted by atomic mass is 10.1. The van der Waals surface area contributed by atoms with Crippen LogP contribution in [-0.2, 0) is 4.79 Å². The van der Waals surface area contributed by atoms with Crippen LogP contribution in [0.2, 0.25) is 0 Å². The molecule has 0 aliphatic heterocycles. The molecule has 0 saturated carbocycles. The number of carbonyl (C=O) groups is 1. The van der Waals surface area contributed by atoms with Crippen LogP contribution >= 0.6 is 11.3 Å². The van der Waals surface area contributed by atoms with Gasteiger partial charge in [-0.25, -0.2) is 4.98 Å². The Bertz CT molecular complexity index is 1080. The van der Waals surface area contributed by atoms with E-state index < -0.39 is 5.91 Å². The number of nitriles is 1. The first-order chi connectivity index (χ1) is 13.0. The minimum Gasteiger partial charge on any atom is -0.504 e. The molecule has 134 valence electrons. The van der Waals surface area contributed by atoms with E-state index in [9.17, 15) is 20.3 Å². The predicted molar refractivity (Wildman–Crippen MR) is 104 cm³/mol. The fourth-order valence-electron chi connectivity index (χ4n) is 2.39. The summed E-state index contributed by atoms with van der Waals surface area (Å²) >= 11 is 1.20. The molecular formula is C20H15N3O3S. The number of nitrogens with one attached hydrogen (secondary N) is 1. The van der Waals surface area contributed by atoms with Gasteiger partial charge in [-0.05, 0) is 36.8 Å². The van der Waals surface area contributed by atoms with Crippen LogP contribution in [-0.4, -0.2) is 21.1 Å². The number of aryl methyl sites for hydroxylation is 1. The SMILES string of the molecule is Cc1cccc(/C=C(\C#N)C(=O)Nc2nc(-c3ccc(O)c(O)c3)cs2)c1. The molecule has 0 unspecified atom stereocenters. The Labute approximate surface area is 159 Å². The second kappa shape index (κ2) is 7.72. The zero-order valence-corrected chi connectivity index (χ0v) is 15.1. The number of thiazole rings is 1. The first-order valence-electron chi connectivity index (χ1n) is 7.94. The highest BCUT2D eigenvalue weighted by Gasteiger charge is 2.13. The van der Waals surface area contributed by atoms with Crippen molar-refractivity contribution in [2.75, 3.05) is 5.32 Å². The molecule has 3 aromatic rings. The Morgan fingerprint density at radius 3 is 2.74 bits per heavy atom. The number of anilines is 1. The van der Waals surface area contributed by atoms with Gasteiger partial charge >= 0.3 is 0 Å². The first-order valence-corrected chi connectivity index (χ1v) is 8.82. The Balaban J connectivity index is 1.78. The summed E-state index contributed by atoms with van der Waals surface area (Å²) in [7, 11) is 0. The molecule has 1 heterocycles. The van der Waals surface area contributed by atoms with Gasteiger partial charge in [-0.3, -0.25) is 10.1 Å². The van der Waals surface area contributed by atoms with Gasteiger partial charge in [-0.1, -0.05) is 29.8 Å². The van der Waals surface area contributed by atoms with Gasteiger partial charge in [-0.2, -0.15) is 5.26 Å². The molecular weight excluding hydrogens is 362 g/mol. The third-order valence-electron chi connectivity index (χ3n) is 3.71. The van der Waals surface area contributed by atoms with Crippen molar-refractivity contribution < 1.29 is 15.0 Å². The van der Waals surface area contributed by atoms with Gasteiger partial charge in [0.05, 0.1) is 5.69 Å². The molecule has 1 aromatic heterocycles. The molecule has 6 nitrogen and oxygen atoms in total. The normalized spacial score (nSPS) is 11.0. The quantitative estimate of drug-likeness (QED) is 0.361. The first kappa shape index (κ1) is 18.2. The van der Waals surface area contributed by atoms with Crippen molar-refractivity contribution in [1.82, 2.24) is 4.98 Å². The number of phenolic OH excluding ortho intramolecular Hbond substituents is 2. The van der Waals surface area contributed by atoms with E-state index in [0.717, 1.165) is 11.1 Å². The summed E-state index contributed by atoms with van der Waals surface area (Å²) in [6.45, 7) is 1.93. The van der Waals surface area contributed by atoms with E-state index in [1.807, 2.05) is 37.3 Å². The van der Waals surface area contributed by atoms with Crippen molar-refractivity contribution in [3.05, 3.63) is 64.5 Å². The van der Waals surface area contributed by atoms with Gasteiger partial charge in [0, 0.05) is 10.9 Å². The number of rotatable bonds is 4. The van der Waals surface area contributed by atoms with E-state index in [2.05, 4.69) is 10.3 Å². The molecule has 0 aliphatic rings. The van der Waals surface area contributed by atoms with Crippen molar-refractivity contribution in [3.63, 3.8) is 0 Å². The number of aromatic nitrogens is 1. The Morgan fingerprint density at radius 2 is 2.04 bits per heavy atom. The smallest absolute Gasteiger partial charge is 0.268 e. The summed E-state index contributed by atoms with van der Waals surface area (Å²) in [4.78, 5) is 16.7. The summed E-state index contributed by atoms with van der Waals surface area (Å²) < 4.78 is 0. The number of benzene rings is 2. The van der Waals surface area contributed by atoms with E-state index in [4.69, 9.17) is 0 Å². The van der Waals surface area contributed by atoms with E-state index >= 15 is 0 Å². The summed E-state index contributed by atoms with van der Waals surface area (Å²) in [6.07, 6.45) is 1.52. The maximum absolute atomic E-state index is 12.4. The van der Waals surface area contributed by atoms with Crippen LogP contribution in [0.15, 0.2) is 53.4 Å². The molecule has 0 atom stereocenters. The molecule has 1 amide bonds. The molecule has 7 heteroatoms. The lowest BCUT2D eigenvalue weighted by molar-refractivity contribution is -0.112. The maximum Gasteiger partial charge on any atom is 0.268 e. The van der Waals surface area contributed by atoms with E-state index in [-0.39, 0.29) is 17.1 Å². The standard InChI is InChI=1S/C20H15N3O3S/c1-12-3-2-4-13(7-12)8-15(10-21)19(26)23-20-22-16(11-27-20)14-5-6-17(24)18(25)9-14/h2-9,11,24-25H,1H3,(H,22,23,26)/b15-8+. The molecule has 0 fully saturated rings. The molecule has 3 rings (SSSR count). The van der Waals surface area contributed by atoms with Crippen molar-refractivity contribution in [3.8, 4) is 28.8 Å². The van der Waals surface area contributed by atoms with Gasteiger partial charge < -0.3 is 10.2 Å². The third-order valence-corrected chi connectivity index (χ3v) is 4.47. The number of phenols is 2. The maximum atomic E-state index is 12.4. The van der Waals surface area contributed by atoms with E-state index in [1.54, 1.807) is 11.4 Å². The van der Waals surface area contributed by atoms with Gasteiger partial charge in [0.25, 0.3) is 5.91 Å². The fraction of sp³-hybridized carbons (Fsp3) is 0.0500. The van der Waals surface area contributed by atoms with Gasteiger partial charge in [0.15, 0.2) is 16.6 Å². The lowest BCUT2D eigenvalue weighted by Gasteiger charge is -2.02. The highest BCUT2D eigenvalue weighted by atomic mass is 32.1. The summed E-state index contributed by atoms with van der Waals surface area (Å²) in [6, 6.07) is 13.7. The van der Waals surface area contributed by atoms with Crippen LogP contribution in [0.1, 0.15) is 11.1 Å². The highest BCUT2D eigenvalue weighted by molar-refractivity contribution is 7.14. The van der Waals surface area contributed by atoms with Crippen LogP contribution < -0.4 is 5.32 Å². The zero-order chi connectivity index (χ0) is 19.4. The van der Waals surface area contributed by atoms with Crippen molar-refractivity contribution in [1.29, 1.82) is 5.26 Å². The van der Waals surface area contributed by atoms with Crippen LogP contribution in [0.5, 0.6) is 11.5 Å². The molecule has 0 bridgehead atoms. The van der Waals surface area contributed by atoms with Crippen LogP contribution in [0.4, 0.5) is 5.13 Å². The largest absolute Gasteiger partial charge is 0.504 e. The van der Waals surface area contributed by atoms with Crippen LogP contribution in [0, 0.1) is 18.3 Å². The molecule has 2 aromatic carbocycles. The van der Waals surface area contributed by atoms with Crippen molar-refractivity contribution in [2.24, 2.45) is 0 Å². The molecule has 27 heavy (non-hydrogen) atoms. The second-order valence-corrected chi connectivity index (χ2v) is 6.64. The minimum atomic E-state index is -0.548. The number of hydrogen-bond acceptors (Lipinski definition) is 6. The molecule has 0 spiro atoms. The Morgan fingerprint density at radius 1 is 1.22 bits per heavy atom. The number of aromatic hydroxyl groups is 2. The summed E-state index contributed by atoms with van der Waals surface area (Å²) in [5.74, 6) is -1.02. The highest BCUT2D eigenvalue weighted by Crippen LogP contribution is 2.32. The van der Waals surface area contributed by atoms with Gasteiger partial charge in [0.1, 0.15) is 11.6 Å². The van der Waals surface area contributed by atoms with E-state index in [1.165, 1.54) is 29.5 Å². The van der Waals surface area contributed by atoms with Gasteiger partial charge in [-0.15, -0.1) is 11.3 Å². The molecule has 0 aliphatic carbocycles. The summed E-state index contributed by atoms with van der Waals surface area (Å²) in [5.41, 5.74) is 2.90. The monoisotopic (exact) mass is 377 g/mol. The fourth-order valence-corrected chi connectivity index (χ4v) is 3.10. The minimum absolute atomic E-state index is 0.0281. The van der Waals surface area contributed by atoms with Crippen molar-refractivity contribution >= 4 is 28.5 Å². The second-order valence-electron chi connectivity index (χ2n) is 5.78. The molecule has 3 N–H and O–H groups in total. The predicted octanol–water partition coefficient (Wildman–Crippen LogP) is 4.08. The number of carbonyl (C=O) groups excluding carboxylic acids is 1. The summed E-state index contributed by atoms with van der Waals surface area (Å²) in [5, 5.41) is 32.9. The number of amides is 1. The number of hydrogen-bond donors (Lipinski definition) is 3. The average Bonchev–Trinajstić information content (AvgIpc) is 3.10. The Hall–Kier alpha value is -3.63. The number of nitrogens with zero attached hydrogens (tertiary/aromatic N) is 2. The van der Waals surface area contributed by atoms with Crippen LogP contribution in [0.3, 0.4) is 0 Å². The molecule has 0 radical (unpaired) electrons.